The van der Waals surface area contributed by atoms with E-state index >= 15 is 0 Å². The lowest BCUT2D eigenvalue weighted by Crippen LogP contribution is -2.27. The second-order valence-corrected chi connectivity index (χ2v) is 7.43. The minimum absolute atomic E-state index is 0.0156. The van der Waals surface area contributed by atoms with Crippen LogP contribution in [0.1, 0.15) is 34.6 Å². The Hall–Kier alpha value is -3.43. The number of aromatic nitrogens is 2. The van der Waals surface area contributed by atoms with Crippen molar-refractivity contribution in [2.45, 2.75) is 46.3 Å². The SMILES string of the molecule is CC(C)Nc1ncc(-c2cc(NC(=O)OC(C)(C)C)cc([N+](=O)[O-])c2)[nH]c1=O. The van der Waals surface area contributed by atoms with E-state index in [1.807, 2.05) is 13.8 Å². The van der Waals surface area contributed by atoms with E-state index in [1.165, 1.54) is 24.4 Å². The first-order valence-electron chi connectivity index (χ1n) is 8.60. The van der Waals surface area contributed by atoms with Crippen molar-refractivity contribution in [3.05, 3.63) is 44.9 Å². The van der Waals surface area contributed by atoms with Crippen LogP contribution in [-0.4, -0.2) is 32.6 Å². The van der Waals surface area contributed by atoms with Gasteiger partial charge in [0.1, 0.15) is 5.60 Å². The second kappa shape index (κ2) is 8.07. The Morgan fingerprint density at radius 3 is 2.50 bits per heavy atom. The summed E-state index contributed by atoms with van der Waals surface area (Å²) >= 11 is 0. The number of non-ortho nitro benzene ring substituents is 1. The third-order valence-electron chi connectivity index (χ3n) is 3.30. The Bertz CT molecular complexity index is 946. The Balaban J connectivity index is 2.40. The van der Waals surface area contributed by atoms with Crippen LogP contribution in [-0.2, 0) is 4.74 Å². The molecule has 0 saturated heterocycles. The first kappa shape index (κ1) is 20.9. The number of carbonyl (C=O) groups excluding carboxylic acids is 1. The summed E-state index contributed by atoms with van der Waals surface area (Å²) < 4.78 is 5.16. The Morgan fingerprint density at radius 1 is 1.29 bits per heavy atom. The molecule has 1 amide bonds. The Morgan fingerprint density at radius 2 is 1.96 bits per heavy atom. The number of nitrogens with one attached hydrogen (secondary N) is 3. The number of rotatable bonds is 5. The lowest BCUT2D eigenvalue weighted by atomic mass is 10.1. The van der Waals surface area contributed by atoms with E-state index in [2.05, 4.69) is 20.6 Å². The van der Waals surface area contributed by atoms with Crippen LogP contribution in [0, 0.1) is 10.1 Å². The molecule has 0 radical (unpaired) electrons. The molecule has 10 nitrogen and oxygen atoms in total. The number of H-pyrrole nitrogens is 1. The highest BCUT2D eigenvalue weighted by molar-refractivity contribution is 5.87. The molecule has 0 atom stereocenters. The number of amides is 1. The summed E-state index contributed by atoms with van der Waals surface area (Å²) in [6, 6.07) is 3.98. The molecule has 28 heavy (non-hydrogen) atoms. The van der Waals surface area contributed by atoms with Crippen molar-refractivity contribution in [3.8, 4) is 11.3 Å². The molecule has 0 spiro atoms. The fourth-order valence-corrected chi connectivity index (χ4v) is 2.29. The number of nitro groups is 1. The molecule has 1 aromatic carbocycles. The van der Waals surface area contributed by atoms with Crippen molar-refractivity contribution >= 4 is 23.3 Å². The molecule has 0 saturated carbocycles. The second-order valence-electron chi connectivity index (χ2n) is 7.43. The monoisotopic (exact) mass is 389 g/mol. The first-order valence-corrected chi connectivity index (χ1v) is 8.60. The predicted octanol–water partition coefficient (Wildman–Crippen LogP) is 3.51. The van der Waals surface area contributed by atoms with Gasteiger partial charge in [0.2, 0.25) is 0 Å². The molecule has 0 unspecified atom stereocenters. The van der Waals surface area contributed by atoms with Gasteiger partial charge >= 0.3 is 6.09 Å². The largest absolute Gasteiger partial charge is 0.444 e. The molecule has 0 aliphatic carbocycles. The van der Waals surface area contributed by atoms with Crippen LogP contribution in [0.3, 0.4) is 0 Å². The van der Waals surface area contributed by atoms with Gasteiger partial charge in [0.25, 0.3) is 11.2 Å². The van der Waals surface area contributed by atoms with Gasteiger partial charge in [0.15, 0.2) is 5.82 Å². The predicted molar refractivity (Wildman–Crippen MR) is 106 cm³/mol. The minimum atomic E-state index is -0.748. The van der Waals surface area contributed by atoms with Gasteiger partial charge in [-0.15, -0.1) is 0 Å². The summed E-state index contributed by atoms with van der Waals surface area (Å²) in [6.45, 7) is 8.84. The average Bonchev–Trinajstić information content (AvgIpc) is 2.54. The van der Waals surface area contributed by atoms with Gasteiger partial charge in [-0.25, -0.2) is 9.78 Å². The number of hydrogen-bond acceptors (Lipinski definition) is 7. The van der Waals surface area contributed by atoms with Gasteiger partial charge in [0.05, 0.1) is 22.5 Å². The third-order valence-corrected chi connectivity index (χ3v) is 3.30. The van der Waals surface area contributed by atoms with Crippen molar-refractivity contribution in [1.82, 2.24) is 9.97 Å². The van der Waals surface area contributed by atoms with Crippen LogP contribution in [0.2, 0.25) is 0 Å². The van der Waals surface area contributed by atoms with E-state index in [-0.39, 0.29) is 28.9 Å². The molecule has 2 aromatic rings. The number of nitrogens with zero attached hydrogens (tertiary/aromatic N) is 2. The highest BCUT2D eigenvalue weighted by Gasteiger charge is 2.18. The van der Waals surface area contributed by atoms with Crippen LogP contribution >= 0.6 is 0 Å². The smallest absolute Gasteiger partial charge is 0.412 e. The summed E-state index contributed by atoms with van der Waals surface area (Å²) in [5.41, 5.74) is -0.685. The molecule has 2 rings (SSSR count). The van der Waals surface area contributed by atoms with Crippen LogP contribution in [0.4, 0.5) is 22.0 Å². The summed E-state index contributed by atoms with van der Waals surface area (Å²) in [5, 5.41) is 16.6. The quantitative estimate of drug-likeness (QED) is 0.525. The molecule has 150 valence electrons. The number of aromatic amines is 1. The highest BCUT2D eigenvalue weighted by Crippen LogP contribution is 2.27. The molecule has 3 N–H and O–H groups in total. The number of benzene rings is 1. The number of carbonyl (C=O) groups is 1. The fourth-order valence-electron chi connectivity index (χ4n) is 2.29. The van der Waals surface area contributed by atoms with Gasteiger partial charge < -0.3 is 15.0 Å². The van der Waals surface area contributed by atoms with Crippen LogP contribution < -0.4 is 16.2 Å². The molecule has 1 aromatic heterocycles. The van der Waals surface area contributed by atoms with Crippen molar-refractivity contribution < 1.29 is 14.5 Å². The Labute approximate surface area is 161 Å². The summed E-state index contributed by atoms with van der Waals surface area (Å²) in [6.07, 6.45) is 0.643. The van der Waals surface area contributed by atoms with E-state index in [4.69, 9.17) is 4.74 Å². The van der Waals surface area contributed by atoms with Crippen molar-refractivity contribution in [1.29, 1.82) is 0 Å². The van der Waals surface area contributed by atoms with Crippen LogP contribution in [0.5, 0.6) is 0 Å². The van der Waals surface area contributed by atoms with Crippen molar-refractivity contribution in [2.75, 3.05) is 10.6 Å². The standard InChI is InChI=1S/C18H23N5O5/c1-10(2)20-15-16(24)22-14(9-19-15)11-6-12(8-13(7-11)23(26)27)21-17(25)28-18(3,4)5/h6-10H,1-5H3,(H,19,20)(H,21,25)(H,22,24). The van der Waals surface area contributed by atoms with Crippen molar-refractivity contribution in [3.63, 3.8) is 0 Å². The van der Waals surface area contributed by atoms with Gasteiger partial charge in [-0.05, 0) is 40.7 Å². The Kier molecular flexibility index (Phi) is 6.02. The molecule has 0 aliphatic rings. The summed E-state index contributed by atoms with van der Waals surface area (Å²) in [7, 11) is 0. The molecular weight excluding hydrogens is 366 g/mol. The number of ether oxygens (including phenoxy) is 1. The summed E-state index contributed by atoms with van der Waals surface area (Å²) in [4.78, 5) is 41.5. The van der Waals surface area contributed by atoms with E-state index in [0.717, 1.165) is 0 Å². The van der Waals surface area contributed by atoms with Crippen LogP contribution in [0.15, 0.2) is 29.2 Å². The number of hydrogen-bond donors (Lipinski definition) is 3. The molecule has 0 aliphatic heterocycles. The van der Waals surface area contributed by atoms with E-state index in [9.17, 15) is 19.7 Å². The maximum atomic E-state index is 12.2. The molecule has 0 bridgehead atoms. The first-order chi connectivity index (χ1) is 12.9. The lowest BCUT2D eigenvalue weighted by molar-refractivity contribution is -0.384. The zero-order valence-electron chi connectivity index (χ0n) is 16.3. The minimum Gasteiger partial charge on any atom is -0.444 e. The van der Waals surface area contributed by atoms with Gasteiger partial charge in [-0.3, -0.25) is 20.2 Å². The lowest BCUT2D eigenvalue weighted by Gasteiger charge is -2.19. The number of nitro benzene ring substituents is 1. The normalized spacial score (nSPS) is 11.2. The highest BCUT2D eigenvalue weighted by atomic mass is 16.6. The average molecular weight is 389 g/mol. The fraction of sp³-hybridized carbons (Fsp3) is 0.389. The molecule has 0 fully saturated rings. The van der Waals surface area contributed by atoms with E-state index in [1.54, 1.807) is 20.8 Å². The van der Waals surface area contributed by atoms with Crippen molar-refractivity contribution in [2.24, 2.45) is 0 Å². The maximum Gasteiger partial charge on any atom is 0.412 e. The summed E-state index contributed by atoms with van der Waals surface area (Å²) in [5.74, 6) is 0.149. The molecule has 10 heteroatoms. The zero-order valence-corrected chi connectivity index (χ0v) is 16.3. The third kappa shape index (κ3) is 5.79. The van der Waals surface area contributed by atoms with Crippen LogP contribution in [0.25, 0.3) is 11.3 Å². The van der Waals surface area contributed by atoms with Gasteiger partial charge in [-0.2, -0.15) is 0 Å². The molecule has 1 heterocycles. The topological polar surface area (TPSA) is 139 Å². The van der Waals surface area contributed by atoms with E-state index in [0.29, 0.717) is 5.56 Å². The van der Waals surface area contributed by atoms with E-state index < -0.39 is 22.2 Å². The maximum absolute atomic E-state index is 12.2. The van der Waals surface area contributed by atoms with Gasteiger partial charge in [-0.1, -0.05) is 0 Å². The van der Waals surface area contributed by atoms with Gasteiger partial charge in [0, 0.05) is 23.7 Å². The number of anilines is 2. The zero-order chi connectivity index (χ0) is 21.1. The molecular formula is C18H23N5O5.